The normalized spacial score (nSPS) is 23.9. The summed E-state index contributed by atoms with van der Waals surface area (Å²) in [6.07, 6.45) is 3.94. The molecule has 8 nitrogen and oxygen atoms in total. The monoisotopic (exact) mass is 320 g/mol. The Morgan fingerprint density at radius 1 is 1.27 bits per heavy atom. The number of amides is 2. The molecular weight excluding hydrogens is 304 g/mol. The Labute approximate surface area is 130 Å². The predicted octanol–water partition coefficient (Wildman–Crippen LogP) is 2.17. The standard InChI is InChI=1S/C13H16N6O2S/c1-6-17-18-11(21-6)8-4-9(5-8)14-12(20)16-13-15-10(19-22-13)7-2-3-7/h7-9H,2-5H2,1H3,(H2,14,15,16,19,20). The number of hydrogen-bond donors (Lipinski definition) is 2. The maximum absolute atomic E-state index is 11.9. The zero-order chi connectivity index (χ0) is 15.1. The summed E-state index contributed by atoms with van der Waals surface area (Å²) in [7, 11) is 0. The van der Waals surface area contributed by atoms with Crippen LogP contribution in [0.1, 0.15) is 55.1 Å². The van der Waals surface area contributed by atoms with E-state index in [-0.39, 0.29) is 18.0 Å². The van der Waals surface area contributed by atoms with Gasteiger partial charge in [0.05, 0.1) is 0 Å². The summed E-state index contributed by atoms with van der Waals surface area (Å²) < 4.78 is 9.66. The van der Waals surface area contributed by atoms with Crippen LogP contribution in [0.5, 0.6) is 0 Å². The highest BCUT2D eigenvalue weighted by molar-refractivity contribution is 7.09. The first kappa shape index (κ1) is 13.6. The van der Waals surface area contributed by atoms with Crippen LogP contribution in [0.3, 0.4) is 0 Å². The molecular formula is C13H16N6O2S. The van der Waals surface area contributed by atoms with Crippen LogP contribution < -0.4 is 10.6 Å². The molecule has 2 aliphatic carbocycles. The number of aryl methyl sites for hydroxylation is 1. The van der Waals surface area contributed by atoms with E-state index in [4.69, 9.17) is 4.42 Å². The molecule has 9 heteroatoms. The van der Waals surface area contributed by atoms with E-state index in [1.807, 2.05) is 0 Å². The van der Waals surface area contributed by atoms with Gasteiger partial charge < -0.3 is 9.73 Å². The zero-order valence-electron chi connectivity index (χ0n) is 12.1. The predicted molar refractivity (Wildman–Crippen MR) is 78.8 cm³/mol. The van der Waals surface area contributed by atoms with Crippen molar-refractivity contribution in [3.05, 3.63) is 17.6 Å². The molecule has 0 spiro atoms. The maximum atomic E-state index is 11.9. The Bertz CT molecular complexity index is 688. The summed E-state index contributed by atoms with van der Waals surface area (Å²) in [5.41, 5.74) is 0. The molecule has 2 saturated carbocycles. The van der Waals surface area contributed by atoms with Gasteiger partial charge in [0, 0.05) is 36.3 Å². The number of carbonyl (C=O) groups excluding carboxylic acids is 1. The van der Waals surface area contributed by atoms with Crippen LogP contribution in [0, 0.1) is 6.92 Å². The fourth-order valence-corrected chi connectivity index (χ4v) is 3.17. The average molecular weight is 320 g/mol. The highest BCUT2D eigenvalue weighted by atomic mass is 32.1. The third-order valence-corrected chi connectivity index (χ3v) is 4.61. The molecule has 2 fully saturated rings. The molecule has 2 aliphatic rings. The molecule has 0 atom stereocenters. The van der Waals surface area contributed by atoms with Crippen molar-refractivity contribution in [3.63, 3.8) is 0 Å². The molecule has 2 amide bonds. The minimum absolute atomic E-state index is 0.132. The summed E-state index contributed by atoms with van der Waals surface area (Å²) in [6, 6.07) is -0.100. The van der Waals surface area contributed by atoms with Gasteiger partial charge in [-0.3, -0.25) is 5.32 Å². The summed E-state index contributed by atoms with van der Waals surface area (Å²) in [5, 5.41) is 14.1. The third kappa shape index (κ3) is 2.80. The minimum atomic E-state index is -0.233. The van der Waals surface area contributed by atoms with Crippen LogP contribution in [0.25, 0.3) is 0 Å². The van der Waals surface area contributed by atoms with Crippen molar-refractivity contribution in [1.82, 2.24) is 24.9 Å². The first-order valence-corrected chi connectivity index (χ1v) is 8.16. The molecule has 22 heavy (non-hydrogen) atoms. The number of carbonyl (C=O) groups is 1. The number of nitrogens with zero attached hydrogens (tertiary/aromatic N) is 4. The summed E-state index contributed by atoms with van der Waals surface area (Å²) >= 11 is 1.23. The quantitative estimate of drug-likeness (QED) is 0.894. The largest absolute Gasteiger partial charge is 0.425 e. The van der Waals surface area contributed by atoms with Crippen molar-refractivity contribution in [2.75, 3.05) is 5.32 Å². The van der Waals surface area contributed by atoms with Gasteiger partial charge in [0.15, 0.2) is 0 Å². The van der Waals surface area contributed by atoms with Gasteiger partial charge >= 0.3 is 6.03 Å². The fraction of sp³-hybridized carbons (Fsp3) is 0.615. The lowest BCUT2D eigenvalue weighted by molar-refractivity contribution is 0.224. The molecule has 0 bridgehead atoms. The van der Waals surface area contributed by atoms with E-state index in [2.05, 4.69) is 30.2 Å². The third-order valence-electron chi connectivity index (χ3n) is 3.97. The Morgan fingerprint density at radius 2 is 2.09 bits per heavy atom. The second-order valence-corrected chi connectivity index (χ2v) is 6.61. The second kappa shape index (κ2) is 5.31. The van der Waals surface area contributed by atoms with Crippen molar-refractivity contribution in [1.29, 1.82) is 0 Å². The molecule has 2 heterocycles. The lowest BCUT2D eigenvalue weighted by atomic mass is 9.80. The SMILES string of the molecule is Cc1nnc(C2CC(NC(=O)Nc3nc(C4CC4)ns3)C2)o1. The van der Waals surface area contributed by atoms with Gasteiger partial charge in [-0.15, -0.1) is 10.2 Å². The van der Waals surface area contributed by atoms with Crippen LogP contribution in [0.15, 0.2) is 4.42 Å². The van der Waals surface area contributed by atoms with Crippen LogP contribution in [0.4, 0.5) is 9.93 Å². The van der Waals surface area contributed by atoms with Crippen molar-refractivity contribution in [2.45, 2.75) is 50.5 Å². The molecule has 0 radical (unpaired) electrons. The topological polar surface area (TPSA) is 106 Å². The van der Waals surface area contributed by atoms with E-state index in [0.717, 1.165) is 31.5 Å². The molecule has 0 aliphatic heterocycles. The van der Waals surface area contributed by atoms with Crippen molar-refractivity contribution >= 4 is 22.7 Å². The Kier molecular flexibility index (Phi) is 3.29. The molecule has 116 valence electrons. The van der Waals surface area contributed by atoms with Gasteiger partial charge in [-0.25, -0.2) is 9.78 Å². The Balaban J connectivity index is 1.24. The van der Waals surface area contributed by atoms with E-state index < -0.39 is 0 Å². The van der Waals surface area contributed by atoms with Gasteiger partial charge in [-0.1, -0.05) is 0 Å². The van der Waals surface area contributed by atoms with Crippen molar-refractivity contribution < 1.29 is 9.21 Å². The van der Waals surface area contributed by atoms with Gasteiger partial charge in [0.1, 0.15) is 5.82 Å². The molecule has 0 aromatic carbocycles. The van der Waals surface area contributed by atoms with Gasteiger partial charge in [-0.05, 0) is 25.7 Å². The number of hydrogen-bond acceptors (Lipinski definition) is 7. The average Bonchev–Trinajstić information content (AvgIpc) is 3.05. The highest BCUT2D eigenvalue weighted by Crippen LogP contribution is 2.39. The molecule has 2 aromatic rings. The van der Waals surface area contributed by atoms with E-state index in [1.54, 1.807) is 6.92 Å². The van der Waals surface area contributed by atoms with E-state index in [1.165, 1.54) is 11.5 Å². The first-order valence-electron chi connectivity index (χ1n) is 7.38. The number of anilines is 1. The maximum Gasteiger partial charge on any atom is 0.321 e. The minimum Gasteiger partial charge on any atom is -0.425 e. The number of aromatic nitrogens is 4. The lowest BCUT2D eigenvalue weighted by Crippen LogP contribution is -2.45. The van der Waals surface area contributed by atoms with Crippen LogP contribution in [-0.2, 0) is 0 Å². The lowest BCUT2D eigenvalue weighted by Gasteiger charge is -2.33. The van der Waals surface area contributed by atoms with Crippen molar-refractivity contribution in [3.8, 4) is 0 Å². The highest BCUT2D eigenvalue weighted by Gasteiger charge is 2.35. The molecule has 4 rings (SSSR count). The van der Waals surface area contributed by atoms with E-state index >= 15 is 0 Å². The number of urea groups is 1. The van der Waals surface area contributed by atoms with Gasteiger partial charge in [-0.2, -0.15) is 4.37 Å². The van der Waals surface area contributed by atoms with E-state index in [9.17, 15) is 4.79 Å². The van der Waals surface area contributed by atoms with Crippen molar-refractivity contribution in [2.24, 2.45) is 0 Å². The second-order valence-electron chi connectivity index (χ2n) is 5.86. The molecule has 0 saturated heterocycles. The summed E-state index contributed by atoms with van der Waals surface area (Å²) in [4.78, 5) is 16.3. The molecule has 2 aromatic heterocycles. The summed E-state index contributed by atoms with van der Waals surface area (Å²) in [5.74, 6) is 2.84. The zero-order valence-corrected chi connectivity index (χ0v) is 12.9. The Hall–Kier alpha value is -2.03. The molecule has 0 unspecified atom stereocenters. The molecule has 2 N–H and O–H groups in total. The van der Waals surface area contributed by atoms with Crippen LogP contribution in [-0.4, -0.2) is 31.6 Å². The number of rotatable bonds is 4. The smallest absolute Gasteiger partial charge is 0.321 e. The van der Waals surface area contributed by atoms with Gasteiger partial charge in [0.25, 0.3) is 0 Å². The number of nitrogens with one attached hydrogen (secondary N) is 2. The Morgan fingerprint density at radius 3 is 2.77 bits per heavy atom. The van der Waals surface area contributed by atoms with Crippen LogP contribution in [0.2, 0.25) is 0 Å². The first-order chi connectivity index (χ1) is 10.7. The van der Waals surface area contributed by atoms with Gasteiger partial charge in [0.2, 0.25) is 16.9 Å². The van der Waals surface area contributed by atoms with E-state index in [0.29, 0.717) is 22.8 Å². The van der Waals surface area contributed by atoms with Crippen LogP contribution >= 0.6 is 11.5 Å². The fourth-order valence-electron chi connectivity index (χ4n) is 2.53. The summed E-state index contributed by atoms with van der Waals surface area (Å²) in [6.45, 7) is 1.77.